The molecular formula is C13H16FN. The van der Waals surface area contributed by atoms with E-state index in [1.807, 2.05) is 6.07 Å². The van der Waals surface area contributed by atoms with Crippen molar-refractivity contribution in [3.8, 4) is 0 Å². The fourth-order valence-electron chi connectivity index (χ4n) is 2.10. The fourth-order valence-corrected chi connectivity index (χ4v) is 2.10. The Labute approximate surface area is 89.8 Å². The topological polar surface area (TPSA) is 26.0 Å². The van der Waals surface area contributed by atoms with E-state index < -0.39 is 0 Å². The number of nitrogens with two attached hydrogens (primary N) is 1. The lowest BCUT2D eigenvalue weighted by atomic mass is 9.90. The molecule has 0 saturated heterocycles. The van der Waals surface area contributed by atoms with E-state index in [1.165, 1.54) is 24.0 Å². The summed E-state index contributed by atoms with van der Waals surface area (Å²) in [6.45, 7) is 0.455. The van der Waals surface area contributed by atoms with E-state index >= 15 is 0 Å². The van der Waals surface area contributed by atoms with Gasteiger partial charge in [0.1, 0.15) is 5.82 Å². The lowest BCUT2D eigenvalue weighted by Gasteiger charge is -2.16. The van der Waals surface area contributed by atoms with Crippen LogP contribution in [0.3, 0.4) is 0 Å². The zero-order valence-electron chi connectivity index (χ0n) is 8.80. The maximum Gasteiger partial charge on any atom is 0.130 e. The number of fused-ring (bicyclic) bond motifs is 1. The second-order valence-electron chi connectivity index (χ2n) is 3.99. The number of halogens is 1. The number of hydrogen-bond acceptors (Lipinski definition) is 1. The summed E-state index contributed by atoms with van der Waals surface area (Å²) in [5.41, 5.74) is 8.51. The van der Waals surface area contributed by atoms with Gasteiger partial charge in [0.2, 0.25) is 0 Å². The van der Waals surface area contributed by atoms with Gasteiger partial charge in [0.05, 0.1) is 0 Å². The van der Waals surface area contributed by atoms with Crippen molar-refractivity contribution < 1.29 is 4.39 Å². The van der Waals surface area contributed by atoms with Gasteiger partial charge in [0.15, 0.2) is 0 Å². The van der Waals surface area contributed by atoms with E-state index in [9.17, 15) is 4.39 Å². The molecule has 0 aromatic heterocycles. The molecule has 1 aliphatic rings. The lowest BCUT2D eigenvalue weighted by molar-refractivity contribution is 0.611. The van der Waals surface area contributed by atoms with Crippen LogP contribution in [0, 0.1) is 5.82 Å². The lowest BCUT2D eigenvalue weighted by Crippen LogP contribution is -2.04. The molecule has 2 N–H and O–H groups in total. The van der Waals surface area contributed by atoms with Crippen molar-refractivity contribution >= 4 is 6.08 Å². The Morgan fingerprint density at radius 2 is 1.87 bits per heavy atom. The third-order valence-electron chi connectivity index (χ3n) is 2.89. The monoisotopic (exact) mass is 205 g/mol. The molecule has 1 nitrogen and oxygen atoms in total. The van der Waals surface area contributed by atoms with Gasteiger partial charge >= 0.3 is 0 Å². The highest BCUT2D eigenvalue weighted by molar-refractivity contribution is 5.53. The van der Waals surface area contributed by atoms with E-state index in [-0.39, 0.29) is 5.82 Å². The number of aryl methyl sites for hydroxylation is 2. The quantitative estimate of drug-likeness (QED) is 0.789. The van der Waals surface area contributed by atoms with E-state index in [4.69, 9.17) is 5.73 Å². The van der Waals surface area contributed by atoms with Gasteiger partial charge < -0.3 is 5.73 Å². The molecule has 0 radical (unpaired) electrons. The van der Waals surface area contributed by atoms with Crippen LogP contribution < -0.4 is 5.73 Å². The normalized spacial score (nSPS) is 15.6. The predicted molar refractivity (Wildman–Crippen MR) is 61.1 cm³/mol. The Bertz CT molecular complexity index is 382. The summed E-state index contributed by atoms with van der Waals surface area (Å²) in [6, 6.07) is 3.65. The average molecular weight is 205 g/mol. The van der Waals surface area contributed by atoms with Crippen molar-refractivity contribution in [2.75, 3.05) is 6.54 Å². The summed E-state index contributed by atoms with van der Waals surface area (Å²) in [4.78, 5) is 0. The van der Waals surface area contributed by atoms with Gasteiger partial charge in [-0.05, 0) is 48.9 Å². The van der Waals surface area contributed by atoms with E-state index in [2.05, 4.69) is 0 Å². The highest BCUT2D eigenvalue weighted by atomic mass is 19.1. The van der Waals surface area contributed by atoms with Gasteiger partial charge in [0, 0.05) is 12.1 Å². The van der Waals surface area contributed by atoms with Crippen LogP contribution in [-0.2, 0) is 12.8 Å². The SMILES string of the molecule is NC/C=C/c1cc2c(cc1F)CCCC2. The van der Waals surface area contributed by atoms with Gasteiger partial charge in [-0.25, -0.2) is 4.39 Å². The van der Waals surface area contributed by atoms with Crippen LogP contribution in [-0.4, -0.2) is 6.54 Å². The van der Waals surface area contributed by atoms with Gasteiger partial charge in [-0.15, -0.1) is 0 Å². The van der Waals surface area contributed by atoms with E-state index in [0.717, 1.165) is 12.8 Å². The summed E-state index contributed by atoms with van der Waals surface area (Å²) >= 11 is 0. The van der Waals surface area contributed by atoms with Crippen LogP contribution >= 0.6 is 0 Å². The molecule has 0 spiro atoms. The Balaban J connectivity index is 2.36. The van der Waals surface area contributed by atoms with Crippen LogP contribution in [0.15, 0.2) is 18.2 Å². The zero-order chi connectivity index (χ0) is 10.7. The summed E-state index contributed by atoms with van der Waals surface area (Å²) in [7, 11) is 0. The first-order valence-electron chi connectivity index (χ1n) is 5.49. The van der Waals surface area contributed by atoms with Crippen molar-refractivity contribution in [2.45, 2.75) is 25.7 Å². The maximum absolute atomic E-state index is 13.6. The summed E-state index contributed by atoms with van der Waals surface area (Å²) in [6.07, 6.45) is 8.06. The summed E-state index contributed by atoms with van der Waals surface area (Å²) in [5.74, 6) is -0.125. The maximum atomic E-state index is 13.6. The first-order chi connectivity index (χ1) is 7.31. The molecule has 0 aliphatic heterocycles. The fraction of sp³-hybridized carbons (Fsp3) is 0.385. The number of hydrogen-bond donors (Lipinski definition) is 1. The molecule has 0 bridgehead atoms. The van der Waals surface area contributed by atoms with Gasteiger partial charge in [-0.3, -0.25) is 0 Å². The largest absolute Gasteiger partial charge is 0.327 e. The third-order valence-corrected chi connectivity index (χ3v) is 2.89. The number of benzene rings is 1. The second kappa shape index (κ2) is 4.58. The molecule has 80 valence electrons. The Morgan fingerprint density at radius 3 is 2.53 bits per heavy atom. The third kappa shape index (κ3) is 2.26. The second-order valence-corrected chi connectivity index (χ2v) is 3.99. The molecule has 0 heterocycles. The Morgan fingerprint density at radius 1 is 1.20 bits per heavy atom. The van der Waals surface area contributed by atoms with Crippen LogP contribution in [0.1, 0.15) is 29.5 Å². The van der Waals surface area contributed by atoms with E-state index in [1.54, 1.807) is 18.2 Å². The molecule has 0 unspecified atom stereocenters. The van der Waals surface area contributed by atoms with Crippen molar-refractivity contribution in [3.05, 3.63) is 40.7 Å². The van der Waals surface area contributed by atoms with Gasteiger partial charge in [-0.1, -0.05) is 12.2 Å². The minimum absolute atomic E-state index is 0.125. The highest BCUT2D eigenvalue weighted by Crippen LogP contribution is 2.24. The molecule has 0 fully saturated rings. The standard InChI is InChI=1S/C13H16FN/c14-13-9-11-5-2-1-4-10(11)8-12(13)6-3-7-15/h3,6,8-9H,1-2,4-5,7,15H2/b6-3+. The average Bonchev–Trinajstić information content (AvgIpc) is 2.26. The first kappa shape index (κ1) is 10.4. The molecular weight excluding hydrogens is 189 g/mol. The minimum Gasteiger partial charge on any atom is -0.327 e. The molecule has 2 heteroatoms. The molecule has 1 aromatic rings. The molecule has 0 amide bonds. The van der Waals surface area contributed by atoms with Gasteiger partial charge in [0.25, 0.3) is 0 Å². The van der Waals surface area contributed by atoms with Crippen molar-refractivity contribution in [1.82, 2.24) is 0 Å². The number of rotatable bonds is 2. The van der Waals surface area contributed by atoms with Gasteiger partial charge in [-0.2, -0.15) is 0 Å². The van der Waals surface area contributed by atoms with Crippen molar-refractivity contribution in [2.24, 2.45) is 5.73 Å². The molecule has 1 aliphatic carbocycles. The zero-order valence-corrected chi connectivity index (χ0v) is 8.80. The van der Waals surface area contributed by atoms with Crippen LogP contribution in [0.2, 0.25) is 0 Å². The highest BCUT2D eigenvalue weighted by Gasteiger charge is 2.11. The Kier molecular flexibility index (Phi) is 3.17. The smallest absolute Gasteiger partial charge is 0.130 e. The Hall–Kier alpha value is -1.15. The summed E-state index contributed by atoms with van der Waals surface area (Å²) < 4.78 is 13.6. The van der Waals surface area contributed by atoms with Crippen molar-refractivity contribution in [3.63, 3.8) is 0 Å². The predicted octanol–water partition coefficient (Wildman–Crippen LogP) is 2.68. The van der Waals surface area contributed by atoms with Crippen LogP contribution in [0.25, 0.3) is 6.08 Å². The molecule has 2 rings (SSSR count). The van der Waals surface area contributed by atoms with Crippen molar-refractivity contribution in [1.29, 1.82) is 0 Å². The van der Waals surface area contributed by atoms with Crippen LogP contribution in [0.5, 0.6) is 0 Å². The molecule has 0 saturated carbocycles. The summed E-state index contributed by atoms with van der Waals surface area (Å²) in [5, 5.41) is 0. The molecule has 1 aromatic carbocycles. The molecule has 0 atom stereocenters. The minimum atomic E-state index is -0.125. The molecule has 15 heavy (non-hydrogen) atoms. The first-order valence-corrected chi connectivity index (χ1v) is 5.49. The van der Waals surface area contributed by atoms with Crippen LogP contribution in [0.4, 0.5) is 4.39 Å². The van der Waals surface area contributed by atoms with E-state index in [0.29, 0.717) is 12.1 Å².